The average Bonchev–Trinajstić information content (AvgIpc) is 3.11. The molecule has 6 nitrogen and oxygen atoms in total. The lowest BCUT2D eigenvalue weighted by molar-refractivity contribution is 0.0755. The first kappa shape index (κ1) is 21.1. The Hall–Kier alpha value is -3.77. The van der Waals surface area contributed by atoms with Gasteiger partial charge in [-0.25, -0.2) is 0 Å². The van der Waals surface area contributed by atoms with Gasteiger partial charge in [0.1, 0.15) is 0 Å². The number of nitrogens with zero attached hydrogens (tertiary/aromatic N) is 4. The fraction of sp³-hybridized carbons (Fsp3) is 0.222. The van der Waals surface area contributed by atoms with Crippen LogP contribution in [0.25, 0.3) is 16.5 Å². The molecule has 2 heterocycles. The Kier molecular flexibility index (Phi) is 6.00. The van der Waals surface area contributed by atoms with E-state index >= 15 is 0 Å². The molecule has 0 unspecified atom stereocenters. The molecule has 1 aliphatic heterocycles. The van der Waals surface area contributed by atoms with E-state index in [2.05, 4.69) is 34.3 Å². The predicted octanol–water partition coefficient (Wildman–Crippen LogP) is 3.73. The molecular formula is C27H26N4O2. The summed E-state index contributed by atoms with van der Waals surface area (Å²) in [6.07, 6.45) is 0.898. The van der Waals surface area contributed by atoms with E-state index in [1.807, 2.05) is 59.5 Å². The fourth-order valence-electron chi connectivity index (χ4n) is 4.42. The first-order valence-electron chi connectivity index (χ1n) is 11.3. The lowest BCUT2D eigenvalue weighted by Gasteiger charge is -2.22. The second kappa shape index (κ2) is 9.38. The van der Waals surface area contributed by atoms with Crippen molar-refractivity contribution < 1.29 is 4.79 Å². The van der Waals surface area contributed by atoms with Crippen LogP contribution < -0.4 is 5.56 Å². The Balaban J connectivity index is 1.44. The number of carbonyl (C=O) groups is 1. The molecule has 3 aromatic carbocycles. The maximum Gasteiger partial charge on any atom is 0.279 e. The molecule has 1 amide bonds. The highest BCUT2D eigenvalue weighted by atomic mass is 16.2. The van der Waals surface area contributed by atoms with Crippen LogP contribution >= 0.6 is 0 Å². The SMILES string of the molecule is O=C(c1nn(-c2ccccc2)c(=O)c2ccccc12)N1CCCN(Cc2ccccc2)CC1. The van der Waals surface area contributed by atoms with Gasteiger partial charge >= 0.3 is 0 Å². The molecule has 166 valence electrons. The standard InChI is InChI=1S/C27H26N4O2/c32-26-24-15-8-7-14-23(24)25(28-31(26)22-12-5-2-6-13-22)27(33)30-17-9-16-29(18-19-30)20-21-10-3-1-4-11-21/h1-8,10-15H,9,16-20H2. The van der Waals surface area contributed by atoms with E-state index in [0.29, 0.717) is 35.2 Å². The summed E-state index contributed by atoms with van der Waals surface area (Å²) >= 11 is 0. The number of hydrogen-bond donors (Lipinski definition) is 0. The molecule has 0 N–H and O–H groups in total. The van der Waals surface area contributed by atoms with E-state index in [-0.39, 0.29) is 11.5 Å². The van der Waals surface area contributed by atoms with Gasteiger partial charge in [-0.15, -0.1) is 0 Å². The van der Waals surface area contributed by atoms with Gasteiger partial charge in [-0.05, 0) is 30.2 Å². The van der Waals surface area contributed by atoms with Gasteiger partial charge in [-0.2, -0.15) is 9.78 Å². The Bertz CT molecular complexity index is 1320. The van der Waals surface area contributed by atoms with Crippen LogP contribution in [0, 0.1) is 0 Å². The molecule has 0 saturated carbocycles. The second-order valence-electron chi connectivity index (χ2n) is 8.35. The van der Waals surface area contributed by atoms with Gasteiger partial charge in [0, 0.05) is 38.1 Å². The average molecular weight is 439 g/mol. The molecule has 1 saturated heterocycles. The lowest BCUT2D eigenvalue weighted by atomic mass is 10.1. The Morgan fingerprint density at radius 2 is 1.42 bits per heavy atom. The minimum atomic E-state index is -0.224. The van der Waals surface area contributed by atoms with Gasteiger partial charge < -0.3 is 4.90 Å². The van der Waals surface area contributed by atoms with Crippen molar-refractivity contribution in [1.29, 1.82) is 0 Å². The zero-order chi connectivity index (χ0) is 22.6. The molecule has 33 heavy (non-hydrogen) atoms. The van der Waals surface area contributed by atoms with Crippen molar-refractivity contribution >= 4 is 16.7 Å². The number of fused-ring (bicyclic) bond motifs is 1. The molecule has 0 aliphatic carbocycles. The highest BCUT2D eigenvalue weighted by Gasteiger charge is 2.25. The van der Waals surface area contributed by atoms with Crippen LogP contribution in [0.4, 0.5) is 0 Å². The normalized spacial score (nSPS) is 14.8. The van der Waals surface area contributed by atoms with E-state index in [0.717, 1.165) is 26.1 Å². The number of aromatic nitrogens is 2. The van der Waals surface area contributed by atoms with Crippen molar-refractivity contribution in [2.75, 3.05) is 26.2 Å². The fourth-order valence-corrected chi connectivity index (χ4v) is 4.42. The molecule has 1 aliphatic rings. The molecule has 1 aromatic heterocycles. The van der Waals surface area contributed by atoms with Crippen molar-refractivity contribution in [3.8, 4) is 5.69 Å². The van der Waals surface area contributed by atoms with Crippen molar-refractivity contribution in [1.82, 2.24) is 19.6 Å². The smallest absolute Gasteiger partial charge is 0.279 e. The van der Waals surface area contributed by atoms with Crippen LogP contribution in [0.2, 0.25) is 0 Å². The third-order valence-corrected chi connectivity index (χ3v) is 6.13. The summed E-state index contributed by atoms with van der Waals surface area (Å²) in [5.74, 6) is -0.127. The summed E-state index contributed by atoms with van der Waals surface area (Å²) in [6.45, 7) is 3.92. The summed E-state index contributed by atoms with van der Waals surface area (Å²) in [4.78, 5) is 31.0. The molecule has 1 fully saturated rings. The van der Waals surface area contributed by atoms with Crippen molar-refractivity contribution in [2.24, 2.45) is 0 Å². The van der Waals surface area contributed by atoms with Crippen LogP contribution in [0.1, 0.15) is 22.5 Å². The van der Waals surface area contributed by atoms with E-state index in [1.54, 1.807) is 6.07 Å². The van der Waals surface area contributed by atoms with Crippen LogP contribution in [-0.2, 0) is 6.54 Å². The largest absolute Gasteiger partial charge is 0.336 e. The number of amides is 1. The third kappa shape index (κ3) is 4.43. The van der Waals surface area contributed by atoms with Gasteiger partial charge in [0.2, 0.25) is 0 Å². The Morgan fingerprint density at radius 3 is 2.18 bits per heavy atom. The monoisotopic (exact) mass is 438 g/mol. The molecular weight excluding hydrogens is 412 g/mol. The van der Waals surface area contributed by atoms with Gasteiger partial charge in [-0.1, -0.05) is 66.7 Å². The molecule has 0 spiro atoms. The predicted molar refractivity (Wildman–Crippen MR) is 130 cm³/mol. The molecule has 4 aromatic rings. The zero-order valence-corrected chi connectivity index (χ0v) is 18.4. The molecule has 5 rings (SSSR count). The van der Waals surface area contributed by atoms with Crippen molar-refractivity contribution in [2.45, 2.75) is 13.0 Å². The number of rotatable bonds is 4. The quantitative estimate of drug-likeness (QED) is 0.487. The summed E-state index contributed by atoms with van der Waals surface area (Å²) in [5.41, 5.74) is 2.02. The number of para-hydroxylation sites is 1. The maximum absolute atomic E-state index is 13.7. The summed E-state index contributed by atoms with van der Waals surface area (Å²) in [5, 5.41) is 5.66. The van der Waals surface area contributed by atoms with Crippen molar-refractivity contribution in [3.63, 3.8) is 0 Å². The Morgan fingerprint density at radius 1 is 0.758 bits per heavy atom. The van der Waals surface area contributed by atoms with Crippen LogP contribution in [0.5, 0.6) is 0 Å². The number of carbonyl (C=O) groups excluding carboxylic acids is 1. The van der Waals surface area contributed by atoms with Gasteiger partial charge in [-0.3, -0.25) is 14.5 Å². The summed E-state index contributed by atoms with van der Waals surface area (Å²) in [6, 6.07) is 26.9. The maximum atomic E-state index is 13.7. The summed E-state index contributed by atoms with van der Waals surface area (Å²) in [7, 11) is 0. The molecule has 0 atom stereocenters. The van der Waals surface area contributed by atoms with Gasteiger partial charge in [0.05, 0.1) is 11.1 Å². The zero-order valence-electron chi connectivity index (χ0n) is 18.4. The minimum absolute atomic E-state index is 0.127. The highest BCUT2D eigenvalue weighted by Crippen LogP contribution is 2.18. The van der Waals surface area contributed by atoms with Crippen LogP contribution in [0.15, 0.2) is 89.7 Å². The van der Waals surface area contributed by atoms with E-state index in [9.17, 15) is 9.59 Å². The third-order valence-electron chi connectivity index (χ3n) is 6.13. The first-order chi connectivity index (χ1) is 16.2. The van der Waals surface area contributed by atoms with Crippen molar-refractivity contribution in [3.05, 3.63) is 107 Å². The number of benzene rings is 3. The first-order valence-corrected chi connectivity index (χ1v) is 11.3. The number of hydrogen-bond acceptors (Lipinski definition) is 4. The van der Waals surface area contributed by atoms with Gasteiger partial charge in [0.25, 0.3) is 11.5 Å². The van der Waals surface area contributed by atoms with Crippen LogP contribution in [-0.4, -0.2) is 51.7 Å². The minimum Gasteiger partial charge on any atom is -0.336 e. The lowest BCUT2D eigenvalue weighted by Crippen LogP contribution is -2.37. The van der Waals surface area contributed by atoms with E-state index < -0.39 is 0 Å². The second-order valence-corrected chi connectivity index (χ2v) is 8.35. The molecule has 6 heteroatoms. The summed E-state index contributed by atoms with van der Waals surface area (Å²) < 4.78 is 1.34. The van der Waals surface area contributed by atoms with E-state index in [4.69, 9.17) is 0 Å². The topological polar surface area (TPSA) is 58.4 Å². The molecule has 0 radical (unpaired) electrons. The highest BCUT2D eigenvalue weighted by molar-refractivity contribution is 6.04. The Labute approximate surface area is 192 Å². The van der Waals surface area contributed by atoms with Gasteiger partial charge in [0.15, 0.2) is 5.69 Å². The van der Waals surface area contributed by atoms with E-state index in [1.165, 1.54) is 10.2 Å². The van der Waals surface area contributed by atoms with Crippen LogP contribution in [0.3, 0.4) is 0 Å². The molecule has 0 bridgehead atoms.